The minimum atomic E-state index is -0.455. The third-order valence-corrected chi connectivity index (χ3v) is 6.20. The highest BCUT2D eigenvalue weighted by Gasteiger charge is 2.05. The van der Waals surface area contributed by atoms with Gasteiger partial charge < -0.3 is 55.5 Å². The van der Waals surface area contributed by atoms with Crippen molar-refractivity contribution < 1.29 is 64.0 Å². The molecular weight excluding hydrogens is 764 g/mol. The Hall–Kier alpha value is -6.00. The van der Waals surface area contributed by atoms with Crippen LogP contribution >= 0.6 is 0 Å². The molecule has 2 aromatic rings. The third kappa shape index (κ3) is 36.1. The number of nitrogens with one attached hydrogen (secondary N) is 2. The van der Waals surface area contributed by atoms with Crippen molar-refractivity contribution in [2.75, 3.05) is 59.8 Å². The first kappa shape index (κ1) is 59.7. The number of phenolic OH excluding ortho intramolecular Hbond substituents is 2. The fourth-order valence-corrected chi connectivity index (χ4v) is 3.07. The molecule has 0 saturated carbocycles. The van der Waals surface area contributed by atoms with E-state index in [0.29, 0.717) is 54.0 Å². The van der Waals surface area contributed by atoms with Gasteiger partial charge in [-0.05, 0) is 82.0 Å². The number of aromatic hydroxyl groups is 2. The lowest BCUT2D eigenvalue weighted by Crippen LogP contribution is -2.26. The van der Waals surface area contributed by atoms with E-state index in [4.69, 9.17) is 30.3 Å². The zero-order valence-electron chi connectivity index (χ0n) is 35.5. The second kappa shape index (κ2) is 38.9. The molecule has 0 atom stereocenters. The largest absolute Gasteiger partial charge is 0.508 e. The van der Waals surface area contributed by atoms with Gasteiger partial charge >= 0.3 is 11.9 Å². The zero-order chi connectivity index (χ0) is 46.3. The van der Waals surface area contributed by atoms with E-state index in [1.807, 2.05) is 19.1 Å². The summed E-state index contributed by atoms with van der Waals surface area (Å²) in [6, 6.07) is 10.6. The number of esters is 2. The molecule has 15 nitrogen and oxygen atoms in total. The van der Waals surface area contributed by atoms with E-state index in [1.165, 1.54) is 7.11 Å². The first-order chi connectivity index (χ1) is 27.7. The van der Waals surface area contributed by atoms with Crippen LogP contribution in [0.5, 0.6) is 17.2 Å². The molecule has 8 N–H and O–H groups in total. The van der Waals surface area contributed by atoms with Gasteiger partial charge in [0.1, 0.15) is 12.4 Å². The molecule has 0 aromatic heterocycles. The minimum absolute atomic E-state index is 0.0288. The SMILES string of the molecule is C=C(C)C(=O)NCCCO.C=C(C)C(=O)NCCO.C=C(C)C(=O)OCCCO.C=C(C)C(=O)OCCO.C=Cc1cc(C)c(O)c(OC)c1.C=Cc1cccc(O)c1. The van der Waals surface area contributed by atoms with E-state index in [2.05, 4.69) is 59.6 Å². The van der Waals surface area contributed by atoms with E-state index in [1.54, 1.807) is 64.1 Å². The molecule has 0 radical (unpaired) electrons. The molecule has 2 aromatic carbocycles. The number of amides is 2. The van der Waals surface area contributed by atoms with Crippen LogP contribution in [0.3, 0.4) is 0 Å². The van der Waals surface area contributed by atoms with Crippen molar-refractivity contribution in [3.05, 3.63) is 115 Å². The monoisotopic (exact) mass is 830 g/mol. The smallest absolute Gasteiger partial charge is 0.333 e. The van der Waals surface area contributed by atoms with Gasteiger partial charge in [-0.1, -0.05) is 63.8 Å². The Labute approximate surface area is 349 Å². The maximum Gasteiger partial charge on any atom is 0.333 e. The lowest BCUT2D eigenvalue weighted by atomic mass is 10.1. The fourth-order valence-electron chi connectivity index (χ4n) is 3.07. The number of aryl methyl sites for hydroxylation is 1. The standard InChI is InChI=1S/C10H12O2.C8H8O.C7H13NO2.C7H12O3.C6H11NO2.C6H10O3/c1-4-8-5-7(2)10(11)9(6-8)12-3;1-2-7-4-3-5-8(9)6-7;1-6(2)7(10)8-4-3-5-9;1-6(2)7(9)10-5-3-4-8;1-5(2)6(9)7-3-4-8;1-5(2)6(8)9-4-3-7/h4-6,11H,1H2,2-3H3;2-6,9H,1H2;9H,1,3-5H2,2H3,(H,8,10);8H,1,3-5H2,2H3;8H,1,3-4H2,2H3,(H,7,9);7H,1,3-4H2,2H3. The van der Waals surface area contributed by atoms with E-state index < -0.39 is 11.9 Å². The topological polar surface area (TPSA) is 241 Å². The summed E-state index contributed by atoms with van der Waals surface area (Å²) in [4.78, 5) is 42.4. The van der Waals surface area contributed by atoms with Crippen LogP contribution in [0.15, 0.2) is 98.2 Å². The van der Waals surface area contributed by atoms with Crippen LogP contribution in [0.2, 0.25) is 0 Å². The molecular formula is C44H66N2O13. The molecule has 0 fully saturated rings. The van der Waals surface area contributed by atoms with E-state index in [9.17, 15) is 24.3 Å². The third-order valence-electron chi connectivity index (χ3n) is 6.20. The molecule has 0 spiro atoms. The summed E-state index contributed by atoms with van der Waals surface area (Å²) in [5.74, 6) is -0.226. The van der Waals surface area contributed by atoms with E-state index >= 15 is 0 Å². The Morgan fingerprint density at radius 1 is 0.644 bits per heavy atom. The summed E-state index contributed by atoms with van der Waals surface area (Å²) in [5.41, 5.74) is 4.38. The zero-order valence-corrected chi connectivity index (χ0v) is 35.5. The van der Waals surface area contributed by atoms with Crippen LogP contribution in [0.1, 0.15) is 57.2 Å². The lowest BCUT2D eigenvalue weighted by Gasteiger charge is -2.06. The minimum Gasteiger partial charge on any atom is -0.508 e. The van der Waals surface area contributed by atoms with Crippen LogP contribution in [0, 0.1) is 6.92 Å². The molecule has 0 aliphatic carbocycles. The summed E-state index contributed by atoms with van der Waals surface area (Å²) < 4.78 is 14.1. The van der Waals surface area contributed by atoms with Gasteiger partial charge in [0, 0.05) is 55.0 Å². The molecule has 59 heavy (non-hydrogen) atoms. The first-order valence-corrected chi connectivity index (χ1v) is 18.1. The van der Waals surface area contributed by atoms with E-state index in [-0.39, 0.29) is 63.0 Å². The number of aliphatic hydroxyl groups excluding tert-OH is 4. The molecule has 330 valence electrons. The molecule has 2 amide bonds. The fraction of sp³-hybridized carbons (Fsp3) is 0.364. The number of methoxy groups -OCH3 is 1. The number of carbonyl (C=O) groups is 4. The summed E-state index contributed by atoms with van der Waals surface area (Å²) in [6.07, 6.45) is 4.49. The molecule has 2 rings (SSSR count). The molecule has 0 saturated heterocycles. The maximum absolute atomic E-state index is 10.7. The van der Waals surface area contributed by atoms with Crippen molar-refractivity contribution in [1.29, 1.82) is 0 Å². The van der Waals surface area contributed by atoms with E-state index in [0.717, 1.165) is 16.7 Å². The quantitative estimate of drug-likeness (QED) is 0.0613. The van der Waals surface area contributed by atoms with Crippen LogP contribution in [-0.2, 0) is 28.7 Å². The van der Waals surface area contributed by atoms with Crippen molar-refractivity contribution in [3.8, 4) is 17.2 Å². The molecule has 0 bridgehead atoms. The number of aliphatic hydroxyl groups is 4. The average molecular weight is 831 g/mol. The van der Waals surface area contributed by atoms with Gasteiger partial charge in [-0.25, -0.2) is 9.59 Å². The lowest BCUT2D eigenvalue weighted by molar-refractivity contribution is -0.140. The highest BCUT2D eigenvalue weighted by Crippen LogP contribution is 2.30. The van der Waals surface area contributed by atoms with Gasteiger partial charge in [-0.15, -0.1) is 0 Å². The second-order valence-corrected chi connectivity index (χ2v) is 11.9. The Morgan fingerprint density at radius 2 is 1.14 bits per heavy atom. The Morgan fingerprint density at radius 3 is 1.51 bits per heavy atom. The second-order valence-electron chi connectivity index (χ2n) is 11.9. The van der Waals surface area contributed by atoms with Gasteiger partial charge in [0.15, 0.2) is 11.5 Å². The van der Waals surface area contributed by atoms with Crippen molar-refractivity contribution >= 4 is 35.9 Å². The first-order valence-electron chi connectivity index (χ1n) is 18.1. The van der Waals surface area contributed by atoms with Gasteiger partial charge in [0.05, 0.1) is 26.9 Å². The molecule has 0 heterocycles. The molecule has 15 heteroatoms. The summed E-state index contributed by atoms with van der Waals surface area (Å²) in [5, 5.41) is 56.5. The van der Waals surface area contributed by atoms with Crippen molar-refractivity contribution in [2.24, 2.45) is 0 Å². The normalized spacial score (nSPS) is 8.98. The van der Waals surface area contributed by atoms with Gasteiger partial charge in [0.2, 0.25) is 11.8 Å². The Balaban J connectivity index is -0.000000309. The number of carbonyl (C=O) groups excluding carboxylic acids is 4. The Bertz CT molecular complexity index is 1560. The van der Waals surface area contributed by atoms with Crippen molar-refractivity contribution in [3.63, 3.8) is 0 Å². The number of rotatable bonds is 17. The van der Waals surface area contributed by atoms with Gasteiger partial charge in [0.25, 0.3) is 0 Å². The van der Waals surface area contributed by atoms with Gasteiger partial charge in [-0.3, -0.25) is 9.59 Å². The van der Waals surface area contributed by atoms with Crippen molar-refractivity contribution in [2.45, 2.75) is 47.5 Å². The molecule has 0 unspecified atom stereocenters. The highest BCUT2D eigenvalue weighted by molar-refractivity contribution is 5.92. The predicted octanol–water partition coefficient (Wildman–Crippen LogP) is 4.71. The summed E-state index contributed by atoms with van der Waals surface area (Å²) in [7, 11) is 1.53. The van der Waals surface area contributed by atoms with Crippen LogP contribution < -0.4 is 15.4 Å². The van der Waals surface area contributed by atoms with Crippen LogP contribution in [0.25, 0.3) is 12.2 Å². The summed E-state index contributed by atoms with van der Waals surface area (Å²) in [6.45, 7) is 30.2. The average Bonchev–Trinajstić information content (AvgIpc) is 3.20. The van der Waals surface area contributed by atoms with Gasteiger partial charge in [-0.2, -0.15) is 0 Å². The number of phenols is 2. The molecule has 0 aliphatic rings. The number of hydrogen-bond donors (Lipinski definition) is 8. The van der Waals surface area contributed by atoms with Crippen LogP contribution in [-0.4, -0.2) is 114 Å². The maximum atomic E-state index is 10.7. The predicted molar refractivity (Wildman–Crippen MR) is 232 cm³/mol. The molecule has 0 aliphatic heterocycles. The summed E-state index contributed by atoms with van der Waals surface area (Å²) >= 11 is 0. The number of hydrogen-bond acceptors (Lipinski definition) is 13. The number of ether oxygens (including phenoxy) is 3. The van der Waals surface area contributed by atoms with Crippen LogP contribution in [0.4, 0.5) is 0 Å². The highest BCUT2D eigenvalue weighted by atomic mass is 16.5. The van der Waals surface area contributed by atoms with Crippen molar-refractivity contribution in [1.82, 2.24) is 10.6 Å². The number of benzene rings is 2. The Kier molecular flexibility index (Phi) is 39.3.